The summed E-state index contributed by atoms with van der Waals surface area (Å²) in [6.45, 7) is 10.8. The molecule has 2 aliphatic heterocycles. The van der Waals surface area contributed by atoms with E-state index < -0.39 is 0 Å². The summed E-state index contributed by atoms with van der Waals surface area (Å²) in [5.74, 6) is 0.129. The molecule has 0 bridgehead atoms. The van der Waals surface area contributed by atoms with Crippen LogP contribution in [0.2, 0.25) is 0 Å². The summed E-state index contributed by atoms with van der Waals surface area (Å²) in [4.78, 5) is 17.0. The van der Waals surface area contributed by atoms with Gasteiger partial charge >= 0.3 is 0 Å². The molecule has 2 atom stereocenters. The van der Waals surface area contributed by atoms with Crippen LogP contribution in [0, 0.1) is 5.41 Å². The van der Waals surface area contributed by atoms with Gasteiger partial charge in [0.25, 0.3) is 0 Å². The Labute approximate surface area is 134 Å². The van der Waals surface area contributed by atoms with E-state index in [1.54, 1.807) is 4.90 Å². The molecule has 1 amide bonds. The molecule has 2 fully saturated rings. The van der Waals surface area contributed by atoms with Crippen molar-refractivity contribution in [1.29, 1.82) is 0 Å². The van der Waals surface area contributed by atoms with E-state index in [2.05, 4.69) is 29.4 Å². The number of amides is 1. The predicted molar refractivity (Wildman–Crippen MR) is 87.8 cm³/mol. The average molecular weight is 312 g/mol. The molecule has 22 heavy (non-hydrogen) atoms. The maximum Gasteiger partial charge on any atom is 0.240 e. The van der Waals surface area contributed by atoms with E-state index >= 15 is 0 Å². The lowest BCUT2D eigenvalue weighted by atomic mass is 9.80. The average Bonchev–Trinajstić information content (AvgIpc) is 2.93. The summed E-state index contributed by atoms with van der Waals surface area (Å²) in [5.41, 5.74) is -0.107. The zero-order chi connectivity index (χ0) is 16.2. The normalized spacial score (nSPS) is 25.5. The Bertz CT molecular complexity index is 369. The van der Waals surface area contributed by atoms with Crippen molar-refractivity contribution >= 4 is 5.91 Å². The second kappa shape index (κ2) is 7.73. The summed E-state index contributed by atoms with van der Waals surface area (Å²) < 4.78 is 0. The molecule has 6 heteroatoms. The minimum absolute atomic E-state index is 0.107. The lowest BCUT2D eigenvalue weighted by Crippen LogP contribution is -2.53. The molecule has 3 N–H and O–H groups in total. The third-order valence-corrected chi connectivity index (χ3v) is 5.07. The zero-order valence-corrected chi connectivity index (χ0v) is 14.3. The van der Waals surface area contributed by atoms with E-state index in [9.17, 15) is 9.90 Å². The number of nitrogens with zero attached hydrogens (tertiary/aromatic N) is 2. The van der Waals surface area contributed by atoms with Gasteiger partial charge in [-0.25, -0.2) is 0 Å². The Morgan fingerprint density at radius 3 is 2.59 bits per heavy atom. The predicted octanol–water partition coefficient (Wildman–Crippen LogP) is -0.511. The maximum atomic E-state index is 12.7. The number of likely N-dealkylation sites (N-methyl/N-ethyl adjacent to an activating group) is 1. The first kappa shape index (κ1) is 17.7. The largest absolute Gasteiger partial charge is 0.391 e. The molecule has 128 valence electrons. The van der Waals surface area contributed by atoms with Gasteiger partial charge in [-0.15, -0.1) is 0 Å². The highest BCUT2D eigenvalue weighted by Gasteiger charge is 2.38. The number of hydrogen-bond donors (Lipinski definition) is 3. The lowest BCUT2D eigenvalue weighted by molar-refractivity contribution is -0.135. The van der Waals surface area contributed by atoms with Gasteiger partial charge in [0.2, 0.25) is 5.91 Å². The number of aliphatic hydroxyl groups excluding tert-OH is 1. The highest BCUT2D eigenvalue weighted by Crippen LogP contribution is 2.28. The Morgan fingerprint density at radius 2 is 2.05 bits per heavy atom. The SMILES string of the molecule is CN[C@H](C(=O)N1CC[C@@H](O)C1)C(C)(C)CCN1CCNCC1. The number of aliphatic hydroxyl groups is 1. The molecule has 0 aromatic heterocycles. The van der Waals surface area contributed by atoms with E-state index in [1.807, 2.05) is 7.05 Å². The van der Waals surface area contributed by atoms with Crippen molar-refractivity contribution < 1.29 is 9.90 Å². The molecule has 2 aliphatic rings. The van der Waals surface area contributed by atoms with Crippen molar-refractivity contribution in [1.82, 2.24) is 20.4 Å². The number of rotatable bonds is 6. The van der Waals surface area contributed by atoms with E-state index in [4.69, 9.17) is 0 Å². The van der Waals surface area contributed by atoms with Crippen LogP contribution >= 0.6 is 0 Å². The van der Waals surface area contributed by atoms with E-state index in [-0.39, 0.29) is 23.5 Å². The van der Waals surface area contributed by atoms with Crippen molar-refractivity contribution in [3.8, 4) is 0 Å². The molecule has 0 saturated carbocycles. The topological polar surface area (TPSA) is 67.8 Å². The van der Waals surface area contributed by atoms with Crippen molar-refractivity contribution in [3.05, 3.63) is 0 Å². The van der Waals surface area contributed by atoms with Gasteiger partial charge in [-0.3, -0.25) is 4.79 Å². The van der Waals surface area contributed by atoms with Gasteiger partial charge in [-0.2, -0.15) is 0 Å². The molecular weight excluding hydrogens is 280 g/mol. The fourth-order valence-corrected chi connectivity index (χ4v) is 3.50. The van der Waals surface area contributed by atoms with Crippen LogP contribution in [0.5, 0.6) is 0 Å². The minimum atomic E-state index is -0.356. The van der Waals surface area contributed by atoms with E-state index in [1.165, 1.54) is 0 Å². The Kier molecular flexibility index (Phi) is 6.20. The standard InChI is InChI=1S/C16H32N4O2/c1-16(2,5-9-19-10-6-18-7-11-19)14(17-3)15(22)20-8-4-13(21)12-20/h13-14,17-18,21H,4-12H2,1-3H3/t13-,14-/m1/s1. The molecule has 2 saturated heterocycles. The van der Waals surface area contributed by atoms with Crippen LogP contribution in [-0.4, -0.2) is 85.8 Å². The number of carbonyl (C=O) groups is 1. The number of β-amino-alcohol motifs (C(OH)–C–C–N with tert-alkyl or cyclic N) is 1. The first-order valence-electron chi connectivity index (χ1n) is 8.51. The summed E-state index contributed by atoms with van der Waals surface area (Å²) >= 11 is 0. The number of carbonyl (C=O) groups excluding carboxylic acids is 1. The van der Waals surface area contributed by atoms with Crippen LogP contribution in [0.4, 0.5) is 0 Å². The minimum Gasteiger partial charge on any atom is -0.391 e. The first-order chi connectivity index (χ1) is 10.4. The van der Waals surface area contributed by atoms with Gasteiger partial charge in [0.15, 0.2) is 0 Å². The third-order valence-electron chi connectivity index (χ3n) is 5.07. The molecule has 2 rings (SSSR count). The van der Waals surface area contributed by atoms with Gasteiger partial charge < -0.3 is 25.5 Å². The first-order valence-corrected chi connectivity index (χ1v) is 8.51. The van der Waals surface area contributed by atoms with E-state index in [0.29, 0.717) is 19.5 Å². The van der Waals surface area contributed by atoms with Gasteiger partial charge in [0, 0.05) is 39.3 Å². The van der Waals surface area contributed by atoms with Crippen LogP contribution in [0.3, 0.4) is 0 Å². The molecule has 0 aliphatic carbocycles. The highest BCUT2D eigenvalue weighted by molar-refractivity contribution is 5.83. The monoisotopic (exact) mass is 312 g/mol. The van der Waals surface area contributed by atoms with Gasteiger partial charge in [-0.1, -0.05) is 13.8 Å². The fraction of sp³-hybridized carbons (Fsp3) is 0.938. The summed E-state index contributed by atoms with van der Waals surface area (Å²) in [7, 11) is 1.86. The molecule has 0 spiro atoms. The highest BCUT2D eigenvalue weighted by atomic mass is 16.3. The van der Waals surface area contributed by atoms with E-state index in [0.717, 1.165) is 39.1 Å². The van der Waals surface area contributed by atoms with Crippen molar-refractivity contribution in [2.45, 2.75) is 38.8 Å². The Morgan fingerprint density at radius 1 is 1.36 bits per heavy atom. The van der Waals surface area contributed by atoms with Gasteiger partial charge in [0.05, 0.1) is 12.1 Å². The summed E-state index contributed by atoms with van der Waals surface area (Å²) in [6, 6.07) is -0.194. The van der Waals surface area contributed by atoms with Gasteiger partial charge in [-0.05, 0) is 31.8 Å². The van der Waals surface area contributed by atoms with Crippen LogP contribution in [-0.2, 0) is 4.79 Å². The van der Waals surface area contributed by atoms with Crippen LogP contribution in [0.1, 0.15) is 26.7 Å². The van der Waals surface area contributed by atoms with Crippen LogP contribution < -0.4 is 10.6 Å². The van der Waals surface area contributed by atoms with Crippen molar-refractivity contribution in [2.24, 2.45) is 5.41 Å². The summed E-state index contributed by atoms with van der Waals surface area (Å²) in [5, 5.41) is 16.2. The molecule has 0 aromatic carbocycles. The van der Waals surface area contributed by atoms with Crippen molar-refractivity contribution in [3.63, 3.8) is 0 Å². The van der Waals surface area contributed by atoms with Crippen LogP contribution in [0.25, 0.3) is 0 Å². The summed E-state index contributed by atoms with van der Waals surface area (Å²) in [6.07, 6.45) is 1.33. The second-order valence-electron chi connectivity index (χ2n) is 7.28. The lowest BCUT2D eigenvalue weighted by Gasteiger charge is -2.37. The Hall–Kier alpha value is -0.690. The quantitative estimate of drug-likeness (QED) is 0.616. The van der Waals surface area contributed by atoms with Crippen molar-refractivity contribution in [2.75, 3.05) is 52.9 Å². The smallest absolute Gasteiger partial charge is 0.240 e. The van der Waals surface area contributed by atoms with Crippen LogP contribution in [0.15, 0.2) is 0 Å². The molecule has 0 radical (unpaired) electrons. The second-order valence-corrected chi connectivity index (χ2v) is 7.28. The Balaban J connectivity index is 1.90. The maximum absolute atomic E-state index is 12.7. The number of likely N-dealkylation sites (tertiary alicyclic amines) is 1. The zero-order valence-electron chi connectivity index (χ0n) is 14.3. The number of piperazine rings is 1. The third kappa shape index (κ3) is 4.41. The number of nitrogens with one attached hydrogen (secondary N) is 2. The van der Waals surface area contributed by atoms with Gasteiger partial charge in [0.1, 0.15) is 0 Å². The molecule has 6 nitrogen and oxygen atoms in total. The molecule has 2 heterocycles. The molecular formula is C16H32N4O2. The molecule has 0 unspecified atom stereocenters. The number of hydrogen-bond acceptors (Lipinski definition) is 5. The molecule has 0 aromatic rings. The fourth-order valence-electron chi connectivity index (χ4n) is 3.50.